The lowest BCUT2D eigenvalue weighted by Gasteiger charge is -2.18. The molecule has 1 rings (SSSR count). The number of rotatable bonds is 3. The molecule has 0 saturated heterocycles. The first kappa shape index (κ1) is 13.4. The molecule has 0 aromatic heterocycles. The van der Waals surface area contributed by atoms with Gasteiger partial charge in [-0.15, -0.1) is 0 Å². The highest BCUT2D eigenvalue weighted by Gasteiger charge is 2.21. The van der Waals surface area contributed by atoms with Gasteiger partial charge in [0.05, 0.1) is 18.0 Å². The van der Waals surface area contributed by atoms with Crippen LogP contribution in [0.4, 0.5) is 11.4 Å². The molecule has 4 nitrogen and oxygen atoms in total. The van der Waals surface area contributed by atoms with E-state index in [2.05, 4.69) is 5.32 Å². The second-order valence-corrected chi connectivity index (χ2v) is 4.89. The van der Waals surface area contributed by atoms with Crippen LogP contribution in [0.3, 0.4) is 0 Å². The fourth-order valence-corrected chi connectivity index (χ4v) is 1.22. The van der Waals surface area contributed by atoms with E-state index < -0.39 is 5.41 Å². The van der Waals surface area contributed by atoms with Crippen LogP contribution in [0.5, 0.6) is 5.75 Å². The van der Waals surface area contributed by atoms with Crippen molar-refractivity contribution in [3.63, 3.8) is 0 Å². The van der Waals surface area contributed by atoms with Gasteiger partial charge in [0, 0.05) is 11.5 Å². The maximum Gasteiger partial charge on any atom is 0.229 e. The van der Waals surface area contributed by atoms with E-state index in [0.29, 0.717) is 23.7 Å². The lowest BCUT2D eigenvalue weighted by atomic mass is 9.95. The highest BCUT2D eigenvalue weighted by molar-refractivity contribution is 5.97. The third-order valence-electron chi connectivity index (χ3n) is 2.26. The van der Waals surface area contributed by atoms with Crippen LogP contribution in [0.15, 0.2) is 18.2 Å². The summed E-state index contributed by atoms with van der Waals surface area (Å²) < 4.78 is 5.32. The number of carbonyl (C=O) groups is 1. The number of benzene rings is 1. The predicted octanol–water partition coefficient (Wildman–Crippen LogP) is 2.65. The highest BCUT2D eigenvalue weighted by Crippen LogP contribution is 2.26. The molecule has 1 amide bonds. The van der Waals surface area contributed by atoms with Gasteiger partial charge < -0.3 is 15.8 Å². The Morgan fingerprint density at radius 1 is 1.41 bits per heavy atom. The second-order valence-electron chi connectivity index (χ2n) is 4.89. The zero-order valence-electron chi connectivity index (χ0n) is 10.8. The van der Waals surface area contributed by atoms with Crippen LogP contribution < -0.4 is 15.8 Å². The Kier molecular flexibility index (Phi) is 3.99. The predicted molar refractivity (Wildman–Crippen MR) is 70.1 cm³/mol. The minimum absolute atomic E-state index is 0.0617. The van der Waals surface area contributed by atoms with Crippen molar-refractivity contribution in [2.75, 3.05) is 17.7 Å². The van der Waals surface area contributed by atoms with E-state index in [1.165, 1.54) is 0 Å². The van der Waals surface area contributed by atoms with E-state index in [0.717, 1.165) is 0 Å². The van der Waals surface area contributed by atoms with Crippen LogP contribution in [0.25, 0.3) is 0 Å². The van der Waals surface area contributed by atoms with Gasteiger partial charge in [-0.25, -0.2) is 0 Å². The Balaban J connectivity index is 2.83. The summed E-state index contributed by atoms with van der Waals surface area (Å²) in [4.78, 5) is 11.8. The van der Waals surface area contributed by atoms with Gasteiger partial charge in [-0.2, -0.15) is 0 Å². The van der Waals surface area contributed by atoms with Crippen molar-refractivity contribution in [3.8, 4) is 5.75 Å². The van der Waals surface area contributed by atoms with Crippen LogP contribution in [0.2, 0.25) is 0 Å². The van der Waals surface area contributed by atoms with Crippen molar-refractivity contribution >= 4 is 17.3 Å². The van der Waals surface area contributed by atoms with Gasteiger partial charge in [0.25, 0.3) is 0 Å². The Morgan fingerprint density at radius 3 is 2.53 bits per heavy atom. The van der Waals surface area contributed by atoms with Crippen LogP contribution in [0, 0.1) is 5.41 Å². The first-order chi connectivity index (χ1) is 7.84. The molecule has 0 aliphatic heterocycles. The third kappa shape index (κ3) is 3.66. The molecule has 0 saturated carbocycles. The molecular formula is C13H20N2O2. The Labute approximate surface area is 102 Å². The average Bonchev–Trinajstić information content (AvgIpc) is 2.21. The molecular weight excluding hydrogens is 216 g/mol. The molecule has 0 aliphatic rings. The van der Waals surface area contributed by atoms with Crippen molar-refractivity contribution in [3.05, 3.63) is 18.2 Å². The SMILES string of the molecule is CCOc1ccc(NC(=O)C(C)(C)C)c(N)c1. The summed E-state index contributed by atoms with van der Waals surface area (Å²) in [5, 5.41) is 2.80. The van der Waals surface area contributed by atoms with Crippen molar-refractivity contribution in [2.45, 2.75) is 27.7 Å². The molecule has 17 heavy (non-hydrogen) atoms. The average molecular weight is 236 g/mol. The van der Waals surface area contributed by atoms with E-state index in [1.54, 1.807) is 18.2 Å². The molecule has 0 atom stereocenters. The summed E-state index contributed by atoms with van der Waals surface area (Å²) in [5.74, 6) is 0.645. The number of nitrogen functional groups attached to an aromatic ring is 1. The number of hydrogen-bond acceptors (Lipinski definition) is 3. The fraction of sp³-hybridized carbons (Fsp3) is 0.462. The van der Waals surface area contributed by atoms with Crippen LogP contribution in [0.1, 0.15) is 27.7 Å². The number of hydrogen-bond donors (Lipinski definition) is 2. The van der Waals surface area contributed by atoms with Gasteiger partial charge in [-0.1, -0.05) is 20.8 Å². The number of anilines is 2. The first-order valence-corrected chi connectivity index (χ1v) is 5.68. The van der Waals surface area contributed by atoms with Gasteiger partial charge in [0.15, 0.2) is 0 Å². The lowest BCUT2D eigenvalue weighted by Crippen LogP contribution is -2.27. The van der Waals surface area contributed by atoms with Crippen LogP contribution in [-0.4, -0.2) is 12.5 Å². The van der Waals surface area contributed by atoms with Crippen molar-refractivity contribution < 1.29 is 9.53 Å². The minimum atomic E-state index is -0.439. The van der Waals surface area contributed by atoms with E-state index in [-0.39, 0.29) is 5.91 Å². The second kappa shape index (κ2) is 5.08. The van der Waals surface area contributed by atoms with E-state index >= 15 is 0 Å². The maximum atomic E-state index is 11.8. The topological polar surface area (TPSA) is 64.3 Å². The summed E-state index contributed by atoms with van der Waals surface area (Å²) in [6.07, 6.45) is 0. The van der Waals surface area contributed by atoms with Gasteiger partial charge >= 0.3 is 0 Å². The van der Waals surface area contributed by atoms with Gasteiger partial charge in [0.1, 0.15) is 5.75 Å². The molecule has 4 heteroatoms. The standard InChI is InChI=1S/C13H20N2O2/c1-5-17-9-6-7-11(10(14)8-9)15-12(16)13(2,3)4/h6-8H,5,14H2,1-4H3,(H,15,16). The number of ether oxygens (including phenoxy) is 1. The quantitative estimate of drug-likeness (QED) is 0.793. The molecule has 1 aromatic carbocycles. The Hall–Kier alpha value is -1.71. The van der Waals surface area contributed by atoms with Crippen molar-refractivity contribution in [2.24, 2.45) is 5.41 Å². The lowest BCUT2D eigenvalue weighted by molar-refractivity contribution is -0.123. The summed E-state index contributed by atoms with van der Waals surface area (Å²) in [7, 11) is 0. The largest absolute Gasteiger partial charge is 0.494 e. The van der Waals surface area contributed by atoms with Crippen LogP contribution >= 0.6 is 0 Å². The first-order valence-electron chi connectivity index (χ1n) is 5.68. The van der Waals surface area contributed by atoms with Gasteiger partial charge in [0.2, 0.25) is 5.91 Å². The summed E-state index contributed by atoms with van der Waals surface area (Å²) in [5.41, 5.74) is 6.54. The van der Waals surface area contributed by atoms with Gasteiger partial charge in [-0.3, -0.25) is 4.79 Å². The van der Waals surface area contributed by atoms with E-state index in [1.807, 2.05) is 27.7 Å². The molecule has 0 radical (unpaired) electrons. The highest BCUT2D eigenvalue weighted by atomic mass is 16.5. The van der Waals surface area contributed by atoms with Crippen molar-refractivity contribution in [1.29, 1.82) is 0 Å². The molecule has 1 aromatic rings. The Bertz CT molecular complexity index is 408. The van der Waals surface area contributed by atoms with Crippen LogP contribution in [-0.2, 0) is 4.79 Å². The molecule has 3 N–H and O–H groups in total. The summed E-state index contributed by atoms with van der Waals surface area (Å²) in [6, 6.07) is 5.25. The zero-order chi connectivity index (χ0) is 13.1. The number of carbonyl (C=O) groups excluding carboxylic acids is 1. The number of amides is 1. The molecule has 0 spiro atoms. The summed E-state index contributed by atoms with van der Waals surface area (Å²) >= 11 is 0. The molecule has 0 aliphatic carbocycles. The smallest absolute Gasteiger partial charge is 0.229 e. The molecule has 0 bridgehead atoms. The molecule has 0 fully saturated rings. The third-order valence-corrected chi connectivity index (χ3v) is 2.26. The van der Waals surface area contributed by atoms with Gasteiger partial charge in [-0.05, 0) is 19.1 Å². The van der Waals surface area contributed by atoms with E-state index in [4.69, 9.17) is 10.5 Å². The zero-order valence-corrected chi connectivity index (χ0v) is 10.8. The number of nitrogens with two attached hydrogens (primary N) is 1. The van der Waals surface area contributed by atoms with E-state index in [9.17, 15) is 4.79 Å². The monoisotopic (exact) mass is 236 g/mol. The fourth-order valence-electron chi connectivity index (χ4n) is 1.22. The molecule has 94 valence electrons. The maximum absolute atomic E-state index is 11.8. The molecule has 0 heterocycles. The van der Waals surface area contributed by atoms with Crippen molar-refractivity contribution in [1.82, 2.24) is 0 Å². The Morgan fingerprint density at radius 2 is 2.06 bits per heavy atom. The minimum Gasteiger partial charge on any atom is -0.494 e. The molecule has 0 unspecified atom stereocenters. The number of nitrogens with one attached hydrogen (secondary N) is 1. The normalized spacial score (nSPS) is 11.1. The summed E-state index contributed by atoms with van der Waals surface area (Å²) in [6.45, 7) is 8.06.